The molecule has 0 amide bonds. The van der Waals surface area contributed by atoms with Crippen molar-refractivity contribution in [3.05, 3.63) is 71.4 Å². The smallest absolute Gasteiger partial charge is 0.352 e. The van der Waals surface area contributed by atoms with Gasteiger partial charge in [-0.25, -0.2) is 4.79 Å². The topological polar surface area (TPSA) is 63.5 Å². The van der Waals surface area contributed by atoms with Gasteiger partial charge in [-0.1, -0.05) is 48.5 Å². The van der Waals surface area contributed by atoms with Gasteiger partial charge in [0.15, 0.2) is 0 Å². The molecule has 2 N–H and O–H groups in total. The molecular formula is C20H22N2O3. The van der Waals surface area contributed by atoms with Crippen molar-refractivity contribution < 1.29 is 14.6 Å². The standard InChI is InChI=1S/C20H22N2O3/c1-25-12-11-21-13-17-16-9-5-6-10-18(16)22(19(17)20(23)24)14-15-7-3-2-4-8-15/h2-10,21H,11-14H2,1H3,(H,23,24). The Hall–Kier alpha value is -2.63. The van der Waals surface area contributed by atoms with Crippen molar-refractivity contribution in [2.75, 3.05) is 20.3 Å². The second-order valence-corrected chi connectivity index (χ2v) is 5.89. The van der Waals surface area contributed by atoms with E-state index in [-0.39, 0.29) is 0 Å². The summed E-state index contributed by atoms with van der Waals surface area (Å²) in [5, 5.41) is 14.1. The third kappa shape index (κ3) is 3.73. The van der Waals surface area contributed by atoms with Crippen molar-refractivity contribution >= 4 is 16.9 Å². The molecule has 0 aliphatic rings. The van der Waals surface area contributed by atoms with Gasteiger partial charge < -0.3 is 19.7 Å². The molecule has 0 unspecified atom stereocenters. The number of carboxylic acids is 1. The zero-order valence-corrected chi connectivity index (χ0v) is 14.2. The summed E-state index contributed by atoms with van der Waals surface area (Å²) in [5.74, 6) is -0.907. The quantitative estimate of drug-likeness (QED) is 0.620. The van der Waals surface area contributed by atoms with Gasteiger partial charge in [0.25, 0.3) is 0 Å². The van der Waals surface area contributed by atoms with Crippen LogP contribution in [0, 0.1) is 0 Å². The predicted molar refractivity (Wildman–Crippen MR) is 98.0 cm³/mol. The normalized spacial score (nSPS) is 11.1. The van der Waals surface area contributed by atoms with Crippen molar-refractivity contribution in [3.63, 3.8) is 0 Å². The SMILES string of the molecule is COCCNCc1c(C(=O)O)n(Cc2ccccc2)c2ccccc12. The fourth-order valence-corrected chi connectivity index (χ4v) is 3.12. The van der Waals surface area contributed by atoms with E-state index in [1.54, 1.807) is 7.11 Å². The Morgan fingerprint density at radius 3 is 2.56 bits per heavy atom. The Labute approximate surface area is 146 Å². The van der Waals surface area contributed by atoms with Crippen LogP contribution in [0.3, 0.4) is 0 Å². The summed E-state index contributed by atoms with van der Waals surface area (Å²) >= 11 is 0. The lowest BCUT2D eigenvalue weighted by Gasteiger charge is -2.10. The number of nitrogens with one attached hydrogen (secondary N) is 1. The first-order chi connectivity index (χ1) is 12.2. The summed E-state index contributed by atoms with van der Waals surface area (Å²) < 4.78 is 6.93. The molecule has 5 heteroatoms. The highest BCUT2D eigenvalue weighted by Gasteiger charge is 2.21. The van der Waals surface area contributed by atoms with Crippen LogP contribution < -0.4 is 5.32 Å². The maximum Gasteiger partial charge on any atom is 0.352 e. The highest BCUT2D eigenvalue weighted by atomic mass is 16.5. The molecule has 0 saturated heterocycles. The second-order valence-electron chi connectivity index (χ2n) is 5.89. The van der Waals surface area contributed by atoms with Crippen LogP contribution in [0.1, 0.15) is 21.6 Å². The molecule has 1 aromatic heterocycles. The number of fused-ring (bicyclic) bond motifs is 1. The number of aromatic nitrogens is 1. The van der Waals surface area contributed by atoms with E-state index in [4.69, 9.17) is 4.74 Å². The molecular weight excluding hydrogens is 316 g/mol. The fourth-order valence-electron chi connectivity index (χ4n) is 3.12. The molecule has 3 aromatic rings. The van der Waals surface area contributed by atoms with E-state index in [9.17, 15) is 9.90 Å². The van der Waals surface area contributed by atoms with Gasteiger partial charge in [0, 0.05) is 43.2 Å². The maximum absolute atomic E-state index is 12.0. The zero-order valence-electron chi connectivity index (χ0n) is 14.2. The molecule has 0 bridgehead atoms. The number of para-hydroxylation sites is 1. The Kier molecular flexibility index (Phi) is 5.48. The van der Waals surface area contributed by atoms with E-state index < -0.39 is 5.97 Å². The van der Waals surface area contributed by atoms with E-state index >= 15 is 0 Å². The van der Waals surface area contributed by atoms with E-state index in [1.807, 2.05) is 59.2 Å². The van der Waals surface area contributed by atoms with Gasteiger partial charge in [-0.15, -0.1) is 0 Å². The number of rotatable bonds is 8. The molecule has 1 heterocycles. The highest BCUT2D eigenvalue weighted by molar-refractivity contribution is 5.98. The van der Waals surface area contributed by atoms with Crippen molar-refractivity contribution in [1.82, 2.24) is 9.88 Å². The van der Waals surface area contributed by atoms with Crippen LogP contribution in [0.5, 0.6) is 0 Å². The van der Waals surface area contributed by atoms with Crippen LogP contribution in [0.2, 0.25) is 0 Å². The summed E-state index contributed by atoms with van der Waals surface area (Å²) in [5.41, 5.74) is 3.17. The minimum absolute atomic E-state index is 0.343. The minimum atomic E-state index is -0.907. The van der Waals surface area contributed by atoms with Crippen molar-refractivity contribution in [3.8, 4) is 0 Å². The molecule has 5 nitrogen and oxygen atoms in total. The van der Waals surface area contributed by atoms with E-state index in [2.05, 4.69) is 5.32 Å². The van der Waals surface area contributed by atoms with E-state index in [1.165, 1.54) is 0 Å². The van der Waals surface area contributed by atoms with Crippen LogP contribution in [0.25, 0.3) is 10.9 Å². The van der Waals surface area contributed by atoms with E-state index in [0.717, 1.165) is 22.0 Å². The molecule has 0 fully saturated rings. The lowest BCUT2D eigenvalue weighted by molar-refractivity contribution is 0.0684. The first-order valence-corrected chi connectivity index (χ1v) is 8.29. The summed E-state index contributed by atoms with van der Waals surface area (Å²) in [6.07, 6.45) is 0. The summed E-state index contributed by atoms with van der Waals surface area (Å²) in [6.45, 7) is 2.28. The Balaban J connectivity index is 2.05. The van der Waals surface area contributed by atoms with Crippen molar-refractivity contribution in [2.24, 2.45) is 0 Å². The molecule has 0 atom stereocenters. The lowest BCUT2D eigenvalue weighted by Crippen LogP contribution is -2.20. The first kappa shape index (κ1) is 17.2. The van der Waals surface area contributed by atoms with E-state index in [0.29, 0.717) is 31.9 Å². The first-order valence-electron chi connectivity index (χ1n) is 8.29. The predicted octanol–water partition coefficient (Wildman–Crippen LogP) is 3.12. The summed E-state index contributed by atoms with van der Waals surface area (Å²) in [7, 11) is 1.65. The summed E-state index contributed by atoms with van der Waals surface area (Å²) in [6, 6.07) is 17.8. The zero-order chi connectivity index (χ0) is 17.6. The molecule has 0 aliphatic carbocycles. The van der Waals surface area contributed by atoms with Gasteiger partial charge in [0.2, 0.25) is 0 Å². The van der Waals surface area contributed by atoms with Crippen molar-refractivity contribution in [2.45, 2.75) is 13.1 Å². The lowest BCUT2D eigenvalue weighted by atomic mass is 10.1. The Morgan fingerprint density at radius 2 is 1.84 bits per heavy atom. The van der Waals surface area contributed by atoms with Crippen LogP contribution in [0.15, 0.2) is 54.6 Å². The average molecular weight is 338 g/mol. The fraction of sp³-hybridized carbons (Fsp3) is 0.250. The molecule has 0 radical (unpaired) electrons. The molecule has 0 aliphatic heterocycles. The number of carboxylic acid groups (broad SMARTS) is 1. The van der Waals surface area contributed by atoms with Gasteiger partial charge in [-0.3, -0.25) is 0 Å². The van der Waals surface area contributed by atoms with Gasteiger partial charge in [-0.05, 0) is 11.6 Å². The highest BCUT2D eigenvalue weighted by Crippen LogP contribution is 2.27. The molecule has 25 heavy (non-hydrogen) atoms. The molecule has 0 saturated carbocycles. The largest absolute Gasteiger partial charge is 0.477 e. The van der Waals surface area contributed by atoms with Crippen molar-refractivity contribution in [1.29, 1.82) is 0 Å². The van der Waals surface area contributed by atoms with Gasteiger partial charge >= 0.3 is 5.97 Å². The third-order valence-electron chi connectivity index (χ3n) is 4.25. The third-order valence-corrected chi connectivity index (χ3v) is 4.25. The van der Waals surface area contributed by atoms with Crippen LogP contribution >= 0.6 is 0 Å². The second kappa shape index (κ2) is 7.96. The number of ether oxygens (including phenoxy) is 1. The Bertz CT molecular complexity index is 856. The van der Waals surface area contributed by atoms with Crippen LogP contribution in [-0.4, -0.2) is 35.9 Å². The molecule has 130 valence electrons. The molecule has 0 spiro atoms. The maximum atomic E-state index is 12.0. The van der Waals surface area contributed by atoms with Gasteiger partial charge in [0.05, 0.1) is 6.61 Å². The number of benzene rings is 2. The Morgan fingerprint density at radius 1 is 1.12 bits per heavy atom. The molecule has 2 aromatic carbocycles. The van der Waals surface area contributed by atoms with Gasteiger partial charge in [-0.2, -0.15) is 0 Å². The van der Waals surface area contributed by atoms with Crippen LogP contribution in [-0.2, 0) is 17.8 Å². The number of aromatic carboxylic acids is 1. The number of hydrogen-bond donors (Lipinski definition) is 2. The number of methoxy groups -OCH3 is 1. The number of nitrogens with zero attached hydrogens (tertiary/aromatic N) is 1. The summed E-state index contributed by atoms with van der Waals surface area (Å²) in [4.78, 5) is 12.0. The number of hydrogen-bond acceptors (Lipinski definition) is 3. The average Bonchev–Trinajstić information content (AvgIpc) is 2.94. The monoisotopic (exact) mass is 338 g/mol. The van der Waals surface area contributed by atoms with Crippen LogP contribution in [0.4, 0.5) is 0 Å². The molecule has 3 rings (SSSR count). The number of carbonyl (C=O) groups is 1. The van der Waals surface area contributed by atoms with Gasteiger partial charge in [0.1, 0.15) is 5.69 Å². The minimum Gasteiger partial charge on any atom is -0.477 e.